The van der Waals surface area contributed by atoms with E-state index in [1.54, 1.807) is 7.11 Å². The van der Waals surface area contributed by atoms with Gasteiger partial charge in [0, 0.05) is 39.2 Å². The van der Waals surface area contributed by atoms with Crippen molar-refractivity contribution in [1.82, 2.24) is 10.2 Å². The van der Waals surface area contributed by atoms with Gasteiger partial charge in [-0.05, 0) is 20.3 Å². The highest BCUT2D eigenvalue weighted by atomic mass is 16.5. The van der Waals surface area contributed by atoms with Gasteiger partial charge in [-0.1, -0.05) is 0 Å². The molecule has 0 aromatic carbocycles. The summed E-state index contributed by atoms with van der Waals surface area (Å²) in [5, 5.41) is 3.34. The van der Waals surface area contributed by atoms with Gasteiger partial charge in [-0.25, -0.2) is 0 Å². The van der Waals surface area contributed by atoms with E-state index in [0.717, 1.165) is 38.7 Å². The summed E-state index contributed by atoms with van der Waals surface area (Å²) >= 11 is 0. The van der Waals surface area contributed by atoms with Crippen LogP contribution in [0.25, 0.3) is 0 Å². The predicted molar refractivity (Wildman–Crippen MR) is 74.0 cm³/mol. The van der Waals surface area contributed by atoms with Crippen molar-refractivity contribution in [3.8, 4) is 0 Å². The summed E-state index contributed by atoms with van der Waals surface area (Å²) in [7, 11) is 1.70. The number of ether oxygens (including phenoxy) is 2. The number of likely N-dealkylation sites (tertiary alicyclic amines) is 1. The molecule has 0 spiro atoms. The van der Waals surface area contributed by atoms with Crippen LogP contribution in [0.4, 0.5) is 0 Å². The molecule has 5 nitrogen and oxygen atoms in total. The minimum Gasteiger partial charge on any atom is -0.382 e. The number of aliphatic imine (C=N–C) groups is 1. The van der Waals surface area contributed by atoms with Gasteiger partial charge in [0.05, 0.1) is 19.8 Å². The van der Waals surface area contributed by atoms with Gasteiger partial charge < -0.3 is 19.7 Å². The lowest BCUT2D eigenvalue weighted by atomic mass is 10.1. The maximum atomic E-state index is 5.59. The monoisotopic (exact) mass is 257 g/mol. The molecule has 0 bridgehead atoms. The Kier molecular flexibility index (Phi) is 7.76. The van der Waals surface area contributed by atoms with E-state index in [2.05, 4.69) is 29.1 Å². The molecule has 1 aliphatic heterocycles. The van der Waals surface area contributed by atoms with Gasteiger partial charge in [0.1, 0.15) is 0 Å². The van der Waals surface area contributed by atoms with Crippen molar-refractivity contribution in [3.63, 3.8) is 0 Å². The Morgan fingerprint density at radius 3 is 2.89 bits per heavy atom. The second kappa shape index (κ2) is 9.16. The molecule has 1 unspecified atom stereocenters. The van der Waals surface area contributed by atoms with Crippen molar-refractivity contribution in [1.29, 1.82) is 0 Å². The van der Waals surface area contributed by atoms with E-state index in [4.69, 9.17) is 9.47 Å². The average Bonchev–Trinajstić information content (AvgIpc) is 2.83. The summed E-state index contributed by atoms with van der Waals surface area (Å²) in [6.07, 6.45) is 1.18. The van der Waals surface area contributed by atoms with Gasteiger partial charge in [0.25, 0.3) is 0 Å². The predicted octanol–water partition coefficient (Wildman–Crippen LogP) is 0.957. The normalized spacial score (nSPS) is 20.5. The van der Waals surface area contributed by atoms with Crippen molar-refractivity contribution in [2.24, 2.45) is 10.9 Å². The minimum atomic E-state index is 0.613. The Bertz CT molecular complexity index is 246. The third-order valence-corrected chi connectivity index (χ3v) is 3.01. The summed E-state index contributed by atoms with van der Waals surface area (Å²) in [4.78, 5) is 6.84. The molecule has 1 saturated heterocycles. The van der Waals surface area contributed by atoms with Gasteiger partial charge >= 0.3 is 0 Å². The molecule has 0 aliphatic carbocycles. The second-order valence-corrected chi connectivity index (χ2v) is 4.50. The first kappa shape index (κ1) is 15.2. The van der Waals surface area contributed by atoms with E-state index in [1.807, 2.05) is 0 Å². The van der Waals surface area contributed by atoms with Crippen LogP contribution in [0.5, 0.6) is 0 Å². The minimum absolute atomic E-state index is 0.613. The Balaban J connectivity index is 2.28. The van der Waals surface area contributed by atoms with Crippen LogP contribution in [-0.4, -0.2) is 64.0 Å². The van der Waals surface area contributed by atoms with Crippen LogP contribution in [0, 0.1) is 5.92 Å². The number of hydrogen-bond acceptors (Lipinski definition) is 3. The van der Waals surface area contributed by atoms with Crippen molar-refractivity contribution in [2.45, 2.75) is 20.3 Å². The van der Waals surface area contributed by atoms with Crippen LogP contribution in [-0.2, 0) is 9.47 Å². The van der Waals surface area contributed by atoms with E-state index in [-0.39, 0.29) is 0 Å². The molecule has 1 N–H and O–H groups in total. The molecule has 0 radical (unpaired) electrons. The molecule has 106 valence electrons. The Morgan fingerprint density at radius 2 is 2.22 bits per heavy atom. The van der Waals surface area contributed by atoms with Gasteiger partial charge in [-0.2, -0.15) is 0 Å². The molecule has 0 aromatic rings. The molecule has 0 aromatic heterocycles. The SMILES string of the molecule is CCN=C(NCC)N1CCC(COCCOC)C1. The summed E-state index contributed by atoms with van der Waals surface area (Å²) in [5.74, 6) is 1.65. The molecule has 1 aliphatic rings. The van der Waals surface area contributed by atoms with Gasteiger partial charge in [0.2, 0.25) is 0 Å². The molecule has 0 amide bonds. The number of nitrogens with one attached hydrogen (secondary N) is 1. The second-order valence-electron chi connectivity index (χ2n) is 4.50. The van der Waals surface area contributed by atoms with E-state index >= 15 is 0 Å². The van der Waals surface area contributed by atoms with E-state index in [1.165, 1.54) is 6.42 Å². The zero-order valence-corrected chi connectivity index (χ0v) is 11.9. The van der Waals surface area contributed by atoms with Crippen LogP contribution in [0.1, 0.15) is 20.3 Å². The molecular weight excluding hydrogens is 230 g/mol. The molecule has 1 fully saturated rings. The Hall–Kier alpha value is -0.810. The summed E-state index contributed by atoms with van der Waals surface area (Å²) < 4.78 is 10.6. The summed E-state index contributed by atoms with van der Waals surface area (Å²) in [6, 6.07) is 0. The lowest BCUT2D eigenvalue weighted by Gasteiger charge is -2.21. The first-order chi connectivity index (χ1) is 8.81. The topological polar surface area (TPSA) is 46.1 Å². The maximum absolute atomic E-state index is 5.59. The lowest BCUT2D eigenvalue weighted by molar-refractivity contribution is 0.0536. The lowest BCUT2D eigenvalue weighted by Crippen LogP contribution is -2.40. The highest BCUT2D eigenvalue weighted by Crippen LogP contribution is 2.16. The zero-order chi connectivity index (χ0) is 13.2. The standard InChI is InChI=1S/C13H27N3O2/c1-4-14-13(15-5-2)16-7-6-12(10-16)11-18-9-8-17-3/h12H,4-11H2,1-3H3,(H,14,15). The maximum Gasteiger partial charge on any atom is 0.193 e. The quantitative estimate of drug-likeness (QED) is 0.419. The first-order valence-electron chi connectivity index (χ1n) is 6.91. The molecule has 1 atom stereocenters. The van der Waals surface area contributed by atoms with Crippen molar-refractivity contribution >= 4 is 5.96 Å². The highest BCUT2D eigenvalue weighted by molar-refractivity contribution is 5.80. The Labute approximate surface area is 111 Å². The number of guanidine groups is 1. The zero-order valence-electron chi connectivity index (χ0n) is 11.9. The fraction of sp³-hybridized carbons (Fsp3) is 0.923. The van der Waals surface area contributed by atoms with Crippen LogP contribution >= 0.6 is 0 Å². The van der Waals surface area contributed by atoms with Crippen molar-refractivity contribution in [3.05, 3.63) is 0 Å². The van der Waals surface area contributed by atoms with E-state index in [0.29, 0.717) is 19.1 Å². The highest BCUT2D eigenvalue weighted by Gasteiger charge is 2.24. The average molecular weight is 257 g/mol. The molecule has 5 heteroatoms. The number of rotatable bonds is 7. The fourth-order valence-corrected chi connectivity index (χ4v) is 2.13. The molecule has 1 heterocycles. The van der Waals surface area contributed by atoms with Gasteiger partial charge in [0.15, 0.2) is 5.96 Å². The van der Waals surface area contributed by atoms with Gasteiger partial charge in [-0.15, -0.1) is 0 Å². The van der Waals surface area contributed by atoms with Crippen LogP contribution < -0.4 is 5.32 Å². The molecule has 1 rings (SSSR count). The molecular formula is C13H27N3O2. The van der Waals surface area contributed by atoms with Crippen LogP contribution in [0.15, 0.2) is 4.99 Å². The van der Waals surface area contributed by atoms with Gasteiger partial charge in [-0.3, -0.25) is 4.99 Å². The van der Waals surface area contributed by atoms with Crippen LogP contribution in [0.2, 0.25) is 0 Å². The molecule has 18 heavy (non-hydrogen) atoms. The summed E-state index contributed by atoms with van der Waals surface area (Å²) in [5.41, 5.74) is 0. The third kappa shape index (κ3) is 5.23. The van der Waals surface area contributed by atoms with E-state index < -0.39 is 0 Å². The van der Waals surface area contributed by atoms with E-state index in [9.17, 15) is 0 Å². The van der Waals surface area contributed by atoms with Crippen molar-refractivity contribution < 1.29 is 9.47 Å². The number of nitrogens with zero attached hydrogens (tertiary/aromatic N) is 2. The first-order valence-corrected chi connectivity index (χ1v) is 6.91. The van der Waals surface area contributed by atoms with Crippen LogP contribution in [0.3, 0.4) is 0 Å². The summed E-state index contributed by atoms with van der Waals surface area (Å²) in [6.45, 7) is 10.2. The fourth-order valence-electron chi connectivity index (χ4n) is 2.13. The molecule has 0 saturated carbocycles. The number of methoxy groups -OCH3 is 1. The Morgan fingerprint density at radius 1 is 1.39 bits per heavy atom. The smallest absolute Gasteiger partial charge is 0.193 e. The largest absolute Gasteiger partial charge is 0.382 e. The number of hydrogen-bond donors (Lipinski definition) is 1. The third-order valence-electron chi connectivity index (χ3n) is 3.01. The van der Waals surface area contributed by atoms with Crippen molar-refractivity contribution in [2.75, 3.05) is 53.1 Å².